The number of rotatable bonds is 2. The zero-order valence-electron chi connectivity index (χ0n) is 12.7. The van der Waals surface area contributed by atoms with Gasteiger partial charge in [-0.05, 0) is 39.7 Å². The van der Waals surface area contributed by atoms with E-state index in [2.05, 4.69) is 18.8 Å². The van der Waals surface area contributed by atoms with Crippen molar-refractivity contribution in [2.45, 2.75) is 39.5 Å². The van der Waals surface area contributed by atoms with Crippen LogP contribution in [0.5, 0.6) is 0 Å². The molecule has 1 saturated heterocycles. The minimum absolute atomic E-state index is 0.0796. The summed E-state index contributed by atoms with van der Waals surface area (Å²) in [5.41, 5.74) is 1.80. The number of carbonyl (C=O) groups is 1. The predicted molar refractivity (Wildman–Crippen MR) is 82.9 cm³/mol. The number of likely N-dealkylation sites (tertiary alicyclic amines) is 1. The van der Waals surface area contributed by atoms with Crippen LogP contribution in [-0.4, -0.2) is 28.9 Å². The van der Waals surface area contributed by atoms with Gasteiger partial charge in [0.1, 0.15) is 5.76 Å². The second-order valence-corrected chi connectivity index (χ2v) is 6.91. The van der Waals surface area contributed by atoms with Crippen molar-refractivity contribution in [1.82, 2.24) is 9.88 Å². The molecule has 21 heavy (non-hydrogen) atoms. The summed E-state index contributed by atoms with van der Waals surface area (Å²) in [6.45, 7) is 7.58. The van der Waals surface area contributed by atoms with Crippen molar-refractivity contribution in [2.75, 3.05) is 13.1 Å². The molecule has 1 fully saturated rings. The maximum Gasteiger partial charge on any atom is 0.257 e. The highest BCUT2D eigenvalue weighted by atomic mass is 32.1. The molecule has 112 valence electrons. The lowest BCUT2D eigenvalue weighted by Gasteiger charge is -2.31. The smallest absolute Gasteiger partial charge is 0.257 e. The molecule has 0 radical (unpaired) electrons. The molecule has 1 unspecified atom stereocenters. The van der Waals surface area contributed by atoms with E-state index in [9.17, 15) is 4.79 Å². The Hall–Kier alpha value is -1.62. The number of thiazole rings is 1. The molecule has 0 aromatic carbocycles. The monoisotopic (exact) mass is 304 g/mol. The first-order chi connectivity index (χ1) is 10.1. The van der Waals surface area contributed by atoms with E-state index >= 15 is 0 Å². The van der Waals surface area contributed by atoms with Gasteiger partial charge in [-0.15, -0.1) is 11.3 Å². The average molecular weight is 304 g/mol. The lowest BCUT2D eigenvalue weighted by atomic mass is 9.98. The van der Waals surface area contributed by atoms with Crippen LogP contribution in [-0.2, 0) is 0 Å². The van der Waals surface area contributed by atoms with E-state index in [-0.39, 0.29) is 5.91 Å². The summed E-state index contributed by atoms with van der Waals surface area (Å²) in [6, 6.07) is 1.76. The van der Waals surface area contributed by atoms with Crippen molar-refractivity contribution in [2.24, 2.45) is 0 Å². The number of aromatic nitrogens is 1. The number of hydrogen-bond donors (Lipinski definition) is 0. The quantitative estimate of drug-likeness (QED) is 0.850. The number of carbonyl (C=O) groups excluding carboxylic acids is 1. The van der Waals surface area contributed by atoms with E-state index in [4.69, 9.17) is 4.42 Å². The van der Waals surface area contributed by atoms with Gasteiger partial charge in [0.15, 0.2) is 0 Å². The van der Waals surface area contributed by atoms with Gasteiger partial charge in [0.25, 0.3) is 5.91 Å². The fourth-order valence-electron chi connectivity index (χ4n) is 2.81. The molecule has 1 aliphatic rings. The van der Waals surface area contributed by atoms with Gasteiger partial charge in [-0.1, -0.05) is 0 Å². The van der Waals surface area contributed by atoms with Crippen LogP contribution in [0.3, 0.4) is 0 Å². The third-order valence-electron chi connectivity index (χ3n) is 4.19. The lowest BCUT2D eigenvalue weighted by molar-refractivity contribution is 0.0705. The van der Waals surface area contributed by atoms with E-state index < -0.39 is 0 Å². The van der Waals surface area contributed by atoms with Crippen LogP contribution in [0.2, 0.25) is 0 Å². The molecule has 0 N–H and O–H groups in total. The van der Waals surface area contributed by atoms with Crippen molar-refractivity contribution in [3.8, 4) is 0 Å². The third kappa shape index (κ3) is 2.75. The molecule has 0 saturated carbocycles. The molecule has 0 bridgehead atoms. The molecule has 1 atom stereocenters. The predicted octanol–water partition coefficient (Wildman–Crippen LogP) is 3.68. The van der Waals surface area contributed by atoms with Crippen LogP contribution < -0.4 is 0 Å². The highest BCUT2D eigenvalue weighted by Gasteiger charge is 2.28. The molecule has 3 rings (SSSR count). The van der Waals surface area contributed by atoms with E-state index in [1.165, 1.54) is 9.88 Å². The van der Waals surface area contributed by atoms with Gasteiger partial charge in [-0.25, -0.2) is 4.98 Å². The topological polar surface area (TPSA) is 46.3 Å². The molecule has 0 spiro atoms. The molecule has 1 aliphatic heterocycles. The second-order valence-electron chi connectivity index (χ2n) is 5.67. The summed E-state index contributed by atoms with van der Waals surface area (Å²) in [5, 5.41) is 1.17. The maximum atomic E-state index is 12.6. The lowest BCUT2D eigenvalue weighted by Crippen LogP contribution is -2.39. The van der Waals surface area contributed by atoms with Crippen LogP contribution in [0.25, 0.3) is 0 Å². The number of piperidine rings is 1. The van der Waals surface area contributed by atoms with E-state index in [1.807, 2.05) is 11.8 Å². The first kappa shape index (κ1) is 14.3. The van der Waals surface area contributed by atoms with Crippen molar-refractivity contribution >= 4 is 17.2 Å². The molecule has 1 amide bonds. The molecule has 5 heteroatoms. The van der Waals surface area contributed by atoms with Gasteiger partial charge in [-0.3, -0.25) is 4.79 Å². The van der Waals surface area contributed by atoms with Gasteiger partial charge in [-0.2, -0.15) is 0 Å². The van der Waals surface area contributed by atoms with Crippen LogP contribution >= 0.6 is 11.3 Å². The number of hydrogen-bond acceptors (Lipinski definition) is 4. The molecular weight excluding hydrogens is 284 g/mol. The Morgan fingerprint density at radius 1 is 1.43 bits per heavy atom. The van der Waals surface area contributed by atoms with E-state index in [0.717, 1.165) is 31.6 Å². The van der Waals surface area contributed by atoms with Crippen molar-refractivity contribution in [3.05, 3.63) is 39.2 Å². The molecule has 4 nitrogen and oxygen atoms in total. The number of amides is 1. The van der Waals surface area contributed by atoms with Gasteiger partial charge < -0.3 is 9.32 Å². The first-order valence-corrected chi connectivity index (χ1v) is 8.15. The van der Waals surface area contributed by atoms with Crippen LogP contribution in [0.15, 0.2) is 16.7 Å². The highest BCUT2D eigenvalue weighted by Crippen LogP contribution is 2.32. The van der Waals surface area contributed by atoms with Gasteiger partial charge in [0.05, 0.1) is 22.5 Å². The maximum absolute atomic E-state index is 12.6. The largest absolute Gasteiger partial charge is 0.469 e. The Bertz CT molecular complexity index is 640. The summed E-state index contributed by atoms with van der Waals surface area (Å²) >= 11 is 1.77. The van der Waals surface area contributed by atoms with Gasteiger partial charge in [0, 0.05) is 23.9 Å². The Morgan fingerprint density at radius 3 is 2.86 bits per heavy atom. The van der Waals surface area contributed by atoms with E-state index in [0.29, 0.717) is 17.2 Å². The summed E-state index contributed by atoms with van der Waals surface area (Å²) < 4.78 is 5.25. The molecule has 0 aliphatic carbocycles. The van der Waals surface area contributed by atoms with Crippen LogP contribution in [0.1, 0.15) is 50.5 Å². The molecule has 2 aromatic rings. The summed E-state index contributed by atoms with van der Waals surface area (Å²) in [6.07, 6.45) is 3.73. The minimum atomic E-state index is 0.0796. The first-order valence-electron chi connectivity index (χ1n) is 7.33. The Balaban J connectivity index is 1.77. The SMILES string of the molecule is Cc1nc(C2CCCN(C(=O)c3ccoc3C)C2)sc1C. The van der Waals surface area contributed by atoms with Crippen LogP contribution in [0.4, 0.5) is 0 Å². The fraction of sp³-hybridized carbons (Fsp3) is 0.500. The normalized spacial score (nSPS) is 19.0. The number of furan rings is 1. The van der Waals surface area contributed by atoms with Crippen molar-refractivity contribution < 1.29 is 9.21 Å². The number of nitrogens with zero attached hydrogens (tertiary/aromatic N) is 2. The number of aryl methyl sites for hydroxylation is 3. The van der Waals surface area contributed by atoms with Gasteiger partial charge in [0.2, 0.25) is 0 Å². The second kappa shape index (κ2) is 5.64. The third-order valence-corrected chi connectivity index (χ3v) is 5.43. The molecular formula is C16H20N2O2S. The molecule has 2 aromatic heterocycles. The Morgan fingerprint density at radius 2 is 2.24 bits per heavy atom. The summed E-state index contributed by atoms with van der Waals surface area (Å²) in [7, 11) is 0. The zero-order valence-corrected chi connectivity index (χ0v) is 13.5. The van der Waals surface area contributed by atoms with Gasteiger partial charge >= 0.3 is 0 Å². The highest BCUT2D eigenvalue weighted by molar-refractivity contribution is 7.11. The summed E-state index contributed by atoms with van der Waals surface area (Å²) in [5.74, 6) is 1.14. The average Bonchev–Trinajstić information content (AvgIpc) is 3.05. The van der Waals surface area contributed by atoms with Crippen molar-refractivity contribution in [1.29, 1.82) is 0 Å². The van der Waals surface area contributed by atoms with Crippen LogP contribution in [0, 0.1) is 20.8 Å². The minimum Gasteiger partial charge on any atom is -0.469 e. The fourth-order valence-corrected chi connectivity index (χ4v) is 3.86. The zero-order chi connectivity index (χ0) is 15.0. The molecule has 3 heterocycles. The Labute approximate surface area is 128 Å². The Kier molecular flexibility index (Phi) is 3.85. The van der Waals surface area contributed by atoms with E-state index in [1.54, 1.807) is 23.7 Å². The standard InChI is InChI=1S/C16H20N2O2S/c1-10-12(3)21-15(17-10)13-5-4-7-18(9-13)16(19)14-6-8-20-11(14)2/h6,8,13H,4-5,7,9H2,1-3H3. The van der Waals surface area contributed by atoms with Crippen molar-refractivity contribution in [3.63, 3.8) is 0 Å². The summed E-state index contributed by atoms with van der Waals surface area (Å²) in [4.78, 5) is 20.5.